The largest absolute Gasteiger partial charge is 0.313 e. The third kappa shape index (κ3) is 6.25. The van der Waals surface area contributed by atoms with E-state index < -0.39 is 0 Å². The summed E-state index contributed by atoms with van der Waals surface area (Å²) in [7, 11) is 0. The van der Waals surface area contributed by atoms with Gasteiger partial charge in [-0.05, 0) is 75.1 Å². The van der Waals surface area contributed by atoms with Crippen molar-refractivity contribution in [1.29, 1.82) is 0 Å². The fraction of sp³-hybridized carbons (Fsp3) is 0.462. The second-order valence-electron chi connectivity index (χ2n) is 8.28. The van der Waals surface area contributed by atoms with E-state index in [0.29, 0.717) is 17.7 Å². The van der Waals surface area contributed by atoms with Crippen molar-refractivity contribution in [2.24, 2.45) is 0 Å². The van der Waals surface area contributed by atoms with Crippen LogP contribution in [0, 0.1) is 0 Å². The van der Waals surface area contributed by atoms with Crippen LogP contribution in [0.25, 0.3) is 0 Å². The second kappa shape index (κ2) is 11.8. The summed E-state index contributed by atoms with van der Waals surface area (Å²) in [5, 5.41) is 3.52. The molecule has 1 aliphatic heterocycles. The van der Waals surface area contributed by atoms with Gasteiger partial charge in [0.15, 0.2) is 0 Å². The number of unbranched alkanes of at least 4 members (excludes halogenated alkanes) is 1. The first-order chi connectivity index (χ1) is 15.1. The van der Waals surface area contributed by atoms with E-state index in [0.717, 1.165) is 18.7 Å². The van der Waals surface area contributed by atoms with Crippen LogP contribution in [0.2, 0.25) is 0 Å². The Hall–Kier alpha value is -2.50. The highest BCUT2D eigenvalue weighted by Gasteiger charge is 2.34. The maximum Gasteiger partial charge on any atom is 0.261 e. The number of nitrogens with one attached hydrogen (secondary N) is 1. The van der Waals surface area contributed by atoms with Crippen molar-refractivity contribution in [3.05, 3.63) is 70.8 Å². The first kappa shape index (κ1) is 23.2. The molecule has 0 aliphatic carbocycles. The van der Waals surface area contributed by atoms with Gasteiger partial charge in [0.1, 0.15) is 0 Å². The van der Waals surface area contributed by atoms with Gasteiger partial charge in [0.05, 0.1) is 17.7 Å². The summed E-state index contributed by atoms with van der Waals surface area (Å²) in [6.45, 7) is 10.2. The molecule has 0 fully saturated rings. The van der Waals surface area contributed by atoms with Crippen molar-refractivity contribution in [2.75, 3.05) is 26.2 Å². The molecular formula is C26H35N3O2. The van der Waals surface area contributed by atoms with Gasteiger partial charge in [0.25, 0.3) is 11.8 Å². The summed E-state index contributed by atoms with van der Waals surface area (Å²) in [5.41, 5.74) is 3.18. The van der Waals surface area contributed by atoms with E-state index in [2.05, 4.69) is 36.2 Å². The van der Waals surface area contributed by atoms with E-state index >= 15 is 0 Å². The van der Waals surface area contributed by atoms with Crippen molar-refractivity contribution in [1.82, 2.24) is 15.1 Å². The molecule has 0 bridgehead atoms. The number of hydrogen-bond donors (Lipinski definition) is 1. The van der Waals surface area contributed by atoms with Crippen molar-refractivity contribution in [3.8, 4) is 0 Å². The zero-order chi connectivity index (χ0) is 22.1. The smallest absolute Gasteiger partial charge is 0.261 e. The summed E-state index contributed by atoms with van der Waals surface area (Å²) in [6.07, 6.45) is 4.86. The average molecular weight is 422 g/mol. The molecule has 1 aliphatic rings. The van der Waals surface area contributed by atoms with E-state index in [1.807, 2.05) is 12.1 Å². The Balaban J connectivity index is 1.39. The number of nitrogens with zero attached hydrogens (tertiary/aromatic N) is 2. The van der Waals surface area contributed by atoms with E-state index in [-0.39, 0.29) is 11.8 Å². The number of amides is 2. The topological polar surface area (TPSA) is 52.6 Å². The van der Waals surface area contributed by atoms with Gasteiger partial charge in [-0.15, -0.1) is 0 Å². The molecule has 2 aromatic carbocycles. The van der Waals surface area contributed by atoms with Crippen molar-refractivity contribution in [2.45, 2.75) is 52.6 Å². The molecule has 0 radical (unpaired) electrons. The second-order valence-corrected chi connectivity index (χ2v) is 8.28. The van der Waals surface area contributed by atoms with Crippen LogP contribution in [0.3, 0.4) is 0 Å². The minimum absolute atomic E-state index is 0.206. The molecule has 0 unspecified atom stereocenters. The maximum absolute atomic E-state index is 12.5. The molecule has 166 valence electrons. The van der Waals surface area contributed by atoms with Crippen LogP contribution in [0.4, 0.5) is 0 Å². The molecule has 3 rings (SSSR count). The molecule has 31 heavy (non-hydrogen) atoms. The number of imide groups is 1. The summed E-state index contributed by atoms with van der Waals surface area (Å²) >= 11 is 0. The summed E-state index contributed by atoms with van der Waals surface area (Å²) in [5.74, 6) is -0.412. The predicted octanol–water partition coefficient (Wildman–Crippen LogP) is 4.47. The molecule has 1 heterocycles. The van der Waals surface area contributed by atoms with Gasteiger partial charge in [0, 0.05) is 6.54 Å². The van der Waals surface area contributed by atoms with Crippen molar-refractivity contribution in [3.63, 3.8) is 0 Å². The minimum atomic E-state index is -0.206. The Kier molecular flexibility index (Phi) is 8.80. The number of carbonyl (C=O) groups excluding carboxylic acids is 2. The summed E-state index contributed by atoms with van der Waals surface area (Å²) in [6, 6.07) is 15.2. The molecule has 0 aromatic heterocycles. The van der Waals surface area contributed by atoms with Gasteiger partial charge in [-0.3, -0.25) is 14.5 Å². The average Bonchev–Trinajstić information content (AvgIpc) is 3.02. The first-order valence-electron chi connectivity index (χ1n) is 11.6. The monoisotopic (exact) mass is 421 g/mol. The third-order valence-corrected chi connectivity index (χ3v) is 5.73. The first-order valence-corrected chi connectivity index (χ1v) is 11.6. The Morgan fingerprint density at radius 2 is 1.35 bits per heavy atom. The van der Waals surface area contributed by atoms with Crippen LogP contribution < -0.4 is 5.32 Å². The summed E-state index contributed by atoms with van der Waals surface area (Å²) < 4.78 is 0. The Labute approximate surface area is 186 Å². The number of benzene rings is 2. The Morgan fingerprint density at radius 1 is 0.774 bits per heavy atom. The number of fused-ring (bicyclic) bond motifs is 1. The van der Waals surface area contributed by atoms with Gasteiger partial charge < -0.3 is 10.2 Å². The molecule has 0 spiro atoms. The van der Waals surface area contributed by atoms with Crippen LogP contribution in [-0.4, -0.2) is 47.8 Å². The fourth-order valence-electron chi connectivity index (χ4n) is 4.11. The maximum atomic E-state index is 12.5. The van der Waals surface area contributed by atoms with Crippen LogP contribution >= 0.6 is 0 Å². The zero-order valence-electron chi connectivity index (χ0n) is 18.9. The lowest BCUT2D eigenvalue weighted by Gasteiger charge is -2.20. The zero-order valence-corrected chi connectivity index (χ0v) is 18.9. The highest BCUT2D eigenvalue weighted by atomic mass is 16.2. The molecule has 2 aromatic rings. The SMILES string of the molecule is CCCN(CCC)CCCCNCc1ccc(CN2C(=O)c3ccccc3C2=O)cc1. The van der Waals surface area contributed by atoms with E-state index in [9.17, 15) is 9.59 Å². The van der Waals surface area contributed by atoms with Crippen LogP contribution in [0.15, 0.2) is 48.5 Å². The van der Waals surface area contributed by atoms with E-state index in [1.54, 1.807) is 24.3 Å². The van der Waals surface area contributed by atoms with Gasteiger partial charge in [-0.2, -0.15) is 0 Å². The lowest BCUT2D eigenvalue weighted by molar-refractivity contribution is 0.0642. The van der Waals surface area contributed by atoms with E-state index in [1.165, 1.54) is 55.8 Å². The van der Waals surface area contributed by atoms with Crippen LogP contribution in [0.1, 0.15) is 71.4 Å². The Bertz CT molecular complexity index is 822. The highest BCUT2D eigenvalue weighted by molar-refractivity contribution is 6.21. The fourth-order valence-corrected chi connectivity index (χ4v) is 4.11. The summed E-state index contributed by atoms with van der Waals surface area (Å²) in [4.78, 5) is 28.9. The highest BCUT2D eigenvalue weighted by Crippen LogP contribution is 2.24. The molecule has 0 atom stereocenters. The van der Waals surface area contributed by atoms with Crippen molar-refractivity contribution < 1.29 is 9.59 Å². The molecule has 0 saturated carbocycles. The Morgan fingerprint density at radius 3 is 1.94 bits per heavy atom. The van der Waals surface area contributed by atoms with Crippen LogP contribution in [0.5, 0.6) is 0 Å². The molecule has 1 N–H and O–H groups in total. The van der Waals surface area contributed by atoms with Crippen molar-refractivity contribution >= 4 is 11.8 Å². The predicted molar refractivity (Wildman–Crippen MR) is 125 cm³/mol. The minimum Gasteiger partial charge on any atom is -0.313 e. The van der Waals surface area contributed by atoms with Gasteiger partial charge in [-0.1, -0.05) is 50.2 Å². The van der Waals surface area contributed by atoms with Gasteiger partial charge in [0.2, 0.25) is 0 Å². The van der Waals surface area contributed by atoms with E-state index in [4.69, 9.17) is 0 Å². The molecule has 5 heteroatoms. The third-order valence-electron chi connectivity index (χ3n) is 5.73. The number of hydrogen-bond acceptors (Lipinski definition) is 4. The lowest BCUT2D eigenvalue weighted by atomic mass is 10.1. The molecular weight excluding hydrogens is 386 g/mol. The molecule has 5 nitrogen and oxygen atoms in total. The van der Waals surface area contributed by atoms with Gasteiger partial charge >= 0.3 is 0 Å². The van der Waals surface area contributed by atoms with Crippen LogP contribution in [-0.2, 0) is 13.1 Å². The normalized spacial score (nSPS) is 13.3. The lowest BCUT2D eigenvalue weighted by Crippen LogP contribution is -2.29. The molecule has 2 amide bonds. The standard InChI is InChI=1S/C26H35N3O2/c1-3-16-28(17-4-2)18-8-7-15-27-19-21-11-13-22(14-12-21)20-29-25(30)23-9-5-6-10-24(23)26(29)31/h5-6,9-14,27H,3-4,7-8,15-20H2,1-2H3. The number of rotatable bonds is 13. The molecule has 0 saturated heterocycles. The number of carbonyl (C=O) groups is 2. The quantitative estimate of drug-likeness (QED) is 0.383. The van der Waals surface area contributed by atoms with Gasteiger partial charge in [-0.25, -0.2) is 0 Å².